The van der Waals surface area contributed by atoms with Crippen molar-refractivity contribution in [3.63, 3.8) is 0 Å². The SMILES string of the molecule is O=S(=O)(Cc1ccc(F)c(F)c1)CC(O)c1ccc(F)cc1F. The summed E-state index contributed by atoms with van der Waals surface area (Å²) in [6, 6.07) is 4.99. The summed E-state index contributed by atoms with van der Waals surface area (Å²) in [6.45, 7) is 0. The van der Waals surface area contributed by atoms with E-state index in [1.165, 1.54) is 0 Å². The van der Waals surface area contributed by atoms with E-state index in [0.717, 1.165) is 30.3 Å². The quantitative estimate of drug-likeness (QED) is 0.846. The minimum absolute atomic E-state index is 0.00400. The Labute approximate surface area is 130 Å². The molecule has 1 N–H and O–H groups in total. The molecule has 124 valence electrons. The Hall–Kier alpha value is -1.93. The number of benzene rings is 2. The van der Waals surface area contributed by atoms with Crippen LogP contribution in [0.4, 0.5) is 17.6 Å². The van der Waals surface area contributed by atoms with Gasteiger partial charge in [-0.3, -0.25) is 0 Å². The predicted molar refractivity (Wildman–Crippen MR) is 75.2 cm³/mol. The van der Waals surface area contributed by atoms with Crippen molar-refractivity contribution < 1.29 is 31.1 Å². The molecule has 0 aliphatic heterocycles. The smallest absolute Gasteiger partial charge is 0.159 e. The van der Waals surface area contributed by atoms with Gasteiger partial charge in [-0.15, -0.1) is 0 Å². The van der Waals surface area contributed by atoms with Crippen LogP contribution in [0.15, 0.2) is 36.4 Å². The molecule has 2 aromatic carbocycles. The van der Waals surface area contributed by atoms with Crippen LogP contribution >= 0.6 is 0 Å². The Bertz CT molecular complexity index is 821. The van der Waals surface area contributed by atoms with E-state index in [2.05, 4.69) is 0 Å². The monoisotopic (exact) mass is 348 g/mol. The standard InChI is InChI=1S/C15H12F4O3S/c16-10-2-3-11(13(18)6-10)15(20)8-23(21,22)7-9-1-4-12(17)14(19)5-9/h1-6,15,20H,7-8H2. The molecule has 0 saturated carbocycles. The van der Waals surface area contributed by atoms with Gasteiger partial charge in [-0.1, -0.05) is 12.1 Å². The van der Waals surface area contributed by atoms with E-state index >= 15 is 0 Å². The fourth-order valence-corrected chi connectivity index (χ4v) is 3.51. The summed E-state index contributed by atoms with van der Waals surface area (Å²) < 4.78 is 76.2. The first kappa shape index (κ1) is 17.4. The van der Waals surface area contributed by atoms with Crippen LogP contribution in [-0.2, 0) is 15.6 Å². The maximum Gasteiger partial charge on any atom is 0.159 e. The van der Waals surface area contributed by atoms with Crippen molar-refractivity contribution in [2.75, 3.05) is 5.75 Å². The molecule has 0 spiro atoms. The van der Waals surface area contributed by atoms with Crippen LogP contribution < -0.4 is 0 Å². The maximum absolute atomic E-state index is 13.5. The fourth-order valence-electron chi connectivity index (χ4n) is 2.04. The Morgan fingerprint density at radius 3 is 2.22 bits per heavy atom. The van der Waals surface area contributed by atoms with E-state index in [1.807, 2.05) is 0 Å². The highest BCUT2D eigenvalue weighted by atomic mass is 32.2. The molecule has 0 saturated heterocycles. The number of aliphatic hydroxyl groups is 1. The average molecular weight is 348 g/mol. The van der Waals surface area contributed by atoms with Crippen LogP contribution in [0.3, 0.4) is 0 Å². The van der Waals surface area contributed by atoms with Gasteiger partial charge in [0, 0.05) is 11.6 Å². The second-order valence-corrected chi connectivity index (χ2v) is 7.09. The lowest BCUT2D eigenvalue weighted by molar-refractivity contribution is 0.196. The zero-order chi connectivity index (χ0) is 17.2. The Balaban J connectivity index is 2.15. The molecule has 2 rings (SSSR count). The molecule has 3 nitrogen and oxygen atoms in total. The predicted octanol–water partition coefficient (Wildman–Crippen LogP) is 2.89. The van der Waals surface area contributed by atoms with Crippen molar-refractivity contribution in [3.05, 3.63) is 70.8 Å². The van der Waals surface area contributed by atoms with Crippen LogP contribution in [0, 0.1) is 23.3 Å². The minimum atomic E-state index is -3.94. The van der Waals surface area contributed by atoms with Crippen LogP contribution in [0.2, 0.25) is 0 Å². The summed E-state index contributed by atoms with van der Waals surface area (Å²) in [5.74, 6) is -5.72. The zero-order valence-corrected chi connectivity index (χ0v) is 12.5. The number of rotatable bonds is 5. The van der Waals surface area contributed by atoms with Gasteiger partial charge in [-0.2, -0.15) is 0 Å². The zero-order valence-electron chi connectivity index (χ0n) is 11.6. The maximum atomic E-state index is 13.5. The first-order valence-electron chi connectivity index (χ1n) is 6.45. The Morgan fingerprint density at radius 1 is 0.913 bits per heavy atom. The molecule has 1 atom stereocenters. The molecule has 8 heteroatoms. The van der Waals surface area contributed by atoms with E-state index in [9.17, 15) is 31.1 Å². The van der Waals surface area contributed by atoms with Crippen molar-refractivity contribution in [2.45, 2.75) is 11.9 Å². The lowest BCUT2D eigenvalue weighted by atomic mass is 10.1. The highest BCUT2D eigenvalue weighted by molar-refractivity contribution is 7.90. The number of aliphatic hydroxyl groups excluding tert-OH is 1. The van der Waals surface area contributed by atoms with Crippen LogP contribution in [-0.4, -0.2) is 19.3 Å². The Kier molecular flexibility index (Phi) is 5.06. The van der Waals surface area contributed by atoms with E-state index in [4.69, 9.17) is 0 Å². The van der Waals surface area contributed by atoms with Crippen LogP contribution in [0.1, 0.15) is 17.2 Å². The molecule has 0 heterocycles. The Morgan fingerprint density at radius 2 is 1.61 bits per heavy atom. The van der Waals surface area contributed by atoms with E-state index < -0.39 is 50.7 Å². The molecule has 0 aromatic heterocycles. The second kappa shape index (κ2) is 6.67. The topological polar surface area (TPSA) is 54.4 Å². The molecule has 0 aliphatic carbocycles. The van der Waals surface area contributed by atoms with Gasteiger partial charge in [0.05, 0.1) is 17.6 Å². The van der Waals surface area contributed by atoms with Gasteiger partial charge in [0.2, 0.25) is 0 Å². The highest BCUT2D eigenvalue weighted by Gasteiger charge is 2.22. The molecule has 0 bridgehead atoms. The van der Waals surface area contributed by atoms with Crippen molar-refractivity contribution in [1.29, 1.82) is 0 Å². The molecular weight excluding hydrogens is 336 g/mol. The van der Waals surface area contributed by atoms with Crippen molar-refractivity contribution >= 4 is 9.84 Å². The van der Waals surface area contributed by atoms with Crippen molar-refractivity contribution in [2.24, 2.45) is 0 Å². The van der Waals surface area contributed by atoms with Gasteiger partial charge in [-0.25, -0.2) is 26.0 Å². The van der Waals surface area contributed by atoms with Gasteiger partial charge in [0.1, 0.15) is 11.6 Å². The van der Waals surface area contributed by atoms with Crippen molar-refractivity contribution in [3.8, 4) is 0 Å². The largest absolute Gasteiger partial charge is 0.387 e. The van der Waals surface area contributed by atoms with Crippen molar-refractivity contribution in [1.82, 2.24) is 0 Å². The average Bonchev–Trinajstić information content (AvgIpc) is 2.41. The van der Waals surface area contributed by atoms with E-state index in [1.54, 1.807) is 0 Å². The number of sulfone groups is 1. The lowest BCUT2D eigenvalue weighted by Crippen LogP contribution is -2.17. The minimum Gasteiger partial charge on any atom is -0.387 e. The molecule has 1 unspecified atom stereocenters. The van der Waals surface area contributed by atoms with E-state index in [-0.39, 0.29) is 11.1 Å². The molecule has 0 aliphatic rings. The van der Waals surface area contributed by atoms with Gasteiger partial charge in [0.15, 0.2) is 21.5 Å². The normalized spacial score (nSPS) is 13.1. The van der Waals surface area contributed by atoms with Crippen LogP contribution in [0.5, 0.6) is 0 Å². The third-order valence-corrected chi connectivity index (χ3v) is 4.70. The van der Waals surface area contributed by atoms with Crippen LogP contribution in [0.25, 0.3) is 0 Å². The molecule has 0 amide bonds. The summed E-state index contributed by atoms with van der Waals surface area (Å²) in [5, 5.41) is 9.83. The molecule has 2 aromatic rings. The number of hydrogen-bond donors (Lipinski definition) is 1. The molecular formula is C15H12F4O3S. The first-order chi connectivity index (χ1) is 10.7. The number of halogens is 4. The molecule has 0 radical (unpaired) electrons. The van der Waals surface area contributed by atoms with E-state index in [0.29, 0.717) is 6.07 Å². The molecule has 0 fully saturated rings. The second-order valence-electron chi connectivity index (χ2n) is 4.98. The third-order valence-electron chi connectivity index (χ3n) is 3.10. The number of hydrogen-bond acceptors (Lipinski definition) is 3. The van der Waals surface area contributed by atoms with Gasteiger partial charge >= 0.3 is 0 Å². The molecule has 23 heavy (non-hydrogen) atoms. The van der Waals surface area contributed by atoms with Gasteiger partial charge in [0.25, 0.3) is 0 Å². The summed E-state index contributed by atoms with van der Waals surface area (Å²) >= 11 is 0. The summed E-state index contributed by atoms with van der Waals surface area (Å²) in [4.78, 5) is 0. The summed E-state index contributed by atoms with van der Waals surface area (Å²) in [5.41, 5.74) is -0.365. The lowest BCUT2D eigenvalue weighted by Gasteiger charge is -2.13. The summed E-state index contributed by atoms with van der Waals surface area (Å²) in [6.07, 6.45) is -1.70. The first-order valence-corrected chi connectivity index (χ1v) is 8.27. The highest BCUT2D eigenvalue weighted by Crippen LogP contribution is 2.21. The third kappa shape index (κ3) is 4.52. The van der Waals surface area contributed by atoms with Gasteiger partial charge in [-0.05, 0) is 23.8 Å². The summed E-state index contributed by atoms with van der Waals surface area (Å²) in [7, 11) is -3.94. The van der Waals surface area contributed by atoms with Gasteiger partial charge < -0.3 is 5.11 Å². The fraction of sp³-hybridized carbons (Fsp3) is 0.200.